The van der Waals surface area contributed by atoms with Crippen molar-refractivity contribution in [3.8, 4) is 60.7 Å². The largest absolute Gasteiger partial charge is 0.238 e. The molecule has 8 rings (SSSR count). The fourth-order valence-electron chi connectivity index (χ4n) is 9.93. The number of rotatable bonds is 0. The van der Waals surface area contributed by atoms with Crippen molar-refractivity contribution >= 4 is 22.7 Å². The summed E-state index contributed by atoms with van der Waals surface area (Å²) in [5.41, 5.74) is 26.0. The van der Waals surface area contributed by atoms with E-state index in [-0.39, 0.29) is 0 Å². The van der Waals surface area contributed by atoms with Gasteiger partial charge in [0.1, 0.15) is 0 Å². The molecule has 8 aromatic carbocycles. The summed E-state index contributed by atoms with van der Waals surface area (Å²) in [7, 11) is 0. The SMILES string of the molecule is Cc1cc(C)c(C#N)c(C)c1.Cc1cc(C)cc(C#N)c1.Cc1ccc(C#N)c(C)c1.Cc1cccc(C)c1C#N.[C-]#[N+]c1c(C)c(C#N)c(C)c(C#N)c1C.[C-]#[N+]c1c(C)cc(C)c(C#N)c1C.[C-]#[N+]c1cc(C#N)c(C)c(C#N)c1C.[C-]#[N+]c1cc(C#N)c(C)cc1C. The normalized spacial score (nSPS) is 8.85. The number of nitriles is 10. The van der Waals surface area contributed by atoms with Crippen LogP contribution in [0.4, 0.5) is 22.7 Å². The summed E-state index contributed by atoms with van der Waals surface area (Å²) in [6.45, 7) is 63.7. The second-order valence-corrected chi connectivity index (χ2v) is 22.2. The number of aryl methyl sites for hydroxylation is 13. The van der Waals surface area contributed by atoms with Gasteiger partial charge in [0.2, 0.25) is 0 Å². The van der Waals surface area contributed by atoms with Crippen molar-refractivity contribution < 1.29 is 0 Å². The maximum absolute atomic E-state index is 8.97. The van der Waals surface area contributed by atoms with Gasteiger partial charge in [-0.3, -0.25) is 0 Å². The van der Waals surface area contributed by atoms with E-state index in [1.54, 1.807) is 40.7 Å². The molecule has 0 aliphatic rings. The molecule has 0 fully saturated rings. The molecule has 0 aliphatic heterocycles. The molecule has 14 nitrogen and oxygen atoms in total. The summed E-state index contributed by atoms with van der Waals surface area (Å²) in [4.78, 5) is 13.4. The van der Waals surface area contributed by atoms with Gasteiger partial charge in [-0.15, -0.1) is 0 Å². The Morgan fingerprint density at radius 1 is 0.242 bits per heavy atom. The van der Waals surface area contributed by atoms with Gasteiger partial charge >= 0.3 is 0 Å². The third-order valence-corrected chi connectivity index (χ3v) is 14.9. The molecule has 0 N–H and O–H groups in total. The smallest absolute Gasteiger partial charge is 0.195 e. The monoisotopic (exact) mass is 1240 g/mol. The summed E-state index contributed by atoms with van der Waals surface area (Å²) in [5, 5.41) is 87.6. The van der Waals surface area contributed by atoms with Gasteiger partial charge in [-0.05, 0) is 256 Å². The lowest BCUT2D eigenvalue weighted by Gasteiger charge is -2.10. The van der Waals surface area contributed by atoms with E-state index in [1.807, 2.05) is 194 Å². The van der Waals surface area contributed by atoms with Crippen LogP contribution in [0, 0.1) is 271 Å². The molecule has 0 aromatic heterocycles. The molecule has 0 atom stereocenters. The first kappa shape index (κ1) is 79.6. The molecule has 0 radical (unpaired) electrons. The molecule has 0 spiro atoms. The molecule has 95 heavy (non-hydrogen) atoms. The second-order valence-electron chi connectivity index (χ2n) is 22.2. The highest BCUT2D eigenvalue weighted by Gasteiger charge is 2.17. The van der Waals surface area contributed by atoms with Gasteiger partial charge in [0.15, 0.2) is 22.7 Å². The first-order chi connectivity index (χ1) is 44.9. The van der Waals surface area contributed by atoms with E-state index >= 15 is 0 Å². The third-order valence-electron chi connectivity index (χ3n) is 14.9. The van der Waals surface area contributed by atoms with Crippen molar-refractivity contribution in [3.05, 3.63) is 298 Å². The lowest BCUT2D eigenvalue weighted by Crippen LogP contribution is -1.96. The Balaban J connectivity index is 0.000000545. The fourth-order valence-corrected chi connectivity index (χ4v) is 9.93. The van der Waals surface area contributed by atoms with Crippen LogP contribution in [0.25, 0.3) is 19.4 Å². The molecular formula is C81H72N14. The number of hydrogen-bond donors (Lipinski definition) is 0. The first-order valence-electron chi connectivity index (χ1n) is 29.2. The Hall–Kier alpha value is -13.4. The van der Waals surface area contributed by atoms with Crippen LogP contribution in [0.1, 0.15) is 161 Å². The number of benzene rings is 8. The topological polar surface area (TPSA) is 255 Å². The van der Waals surface area contributed by atoms with E-state index in [0.717, 1.165) is 89.0 Å². The zero-order valence-corrected chi connectivity index (χ0v) is 57.4. The lowest BCUT2D eigenvalue weighted by molar-refractivity contribution is 1.26. The van der Waals surface area contributed by atoms with E-state index in [4.69, 9.17) is 78.9 Å². The molecule has 0 bridgehead atoms. The van der Waals surface area contributed by atoms with Gasteiger partial charge in [-0.1, -0.05) is 71.8 Å². The predicted molar refractivity (Wildman–Crippen MR) is 374 cm³/mol. The molecule has 14 heteroatoms. The average molecular weight is 1240 g/mol. The van der Waals surface area contributed by atoms with Crippen LogP contribution in [0.3, 0.4) is 0 Å². The van der Waals surface area contributed by atoms with E-state index < -0.39 is 0 Å². The number of hydrogen-bond acceptors (Lipinski definition) is 10. The maximum Gasteiger partial charge on any atom is 0.195 e. The van der Waals surface area contributed by atoms with Crippen LogP contribution >= 0.6 is 0 Å². The van der Waals surface area contributed by atoms with E-state index in [1.165, 1.54) is 17.2 Å². The average Bonchev–Trinajstić information content (AvgIpc) is 0.814. The highest BCUT2D eigenvalue weighted by atomic mass is 14.7. The van der Waals surface area contributed by atoms with Gasteiger partial charge in [0.25, 0.3) is 0 Å². The molecule has 0 amide bonds. The molecular weight excluding hydrogens is 1170 g/mol. The quantitative estimate of drug-likeness (QED) is 0.130. The molecule has 0 heterocycles. The van der Waals surface area contributed by atoms with Crippen molar-refractivity contribution in [1.29, 1.82) is 52.6 Å². The molecule has 8 aromatic rings. The minimum Gasteiger partial charge on any atom is -0.238 e. The van der Waals surface area contributed by atoms with Crippen LogP contribution in [0.15, 0.2) is 91.0 Å². The predicted octanol–water partition coefficient (Wildman–Crippen LogP) is 20.3. The second kappa shape index (κ2) is 38.9. The third kappa shape index (κ3) is 22.3. The van der Waals surface area contributed by atoms with Gasteiger partial charge in [0, 0.05) is 33.4 Å². The standard InChI is InChI=1S/C12H9N3.C11H7N3.C11H10N2.C10H8N2.C10H11N.3C9H9N/c1-7-10(5-13)8(2)12(15-4)9(3)11(7)6-14;1-7-9(5-12)4-11(14-3)8(2)10(7)6-13;1-7-5-8(2)11(13-4)9(3)10(7)6-12;1-7-4-8(2)10(12-3)5-9(7)6-11;1-7-4-8(2)10(6-11)9(3)5-7;1-7-3-8(2)5-9(4-7)6-10;1-7-3-4-9(6-10)8(2)5-7;1-7-4-3-5-8(2)9(7)6-10/h1-3H3;4H,1-2H3;5H,1-3H3;4-5H,1-2H3;4-5H,1-3H3;3*3-5H,1-2H3. The first-order valence-corrected chi connectivity index (χ1v) is 29.2. The summed E-state index contributed by atoms with van der Waals surface area (Å²) < 4.78 is 0. The Kier molecular flexibility index (Phi) is 32.6. The molecule has 0 unspecified atom stereocenters. The highest BCUT2D eigenvalue weighted by molar-refractivity contribution is 5.71. The van der Waals surface area contributed by atoms with Gasteiger partial charge < -0.3 is 0 Å². The van der Waals surface area contributed by atoms with Crippen molar-refractivity contribution in [3.63, 3.8) is 0 Å². The zero-order chi connectivity index (χ0) is 72.6. The van der Waals surface area contributed by atoms with Crippen molar-refractivity contribution in [2.24, 2.45) is 0 Å². The van der Waals surface area contributed by atoms with Crippen molar-refractivity contribution in [1.82, 2.24) is 0 Å². The highest BCUT2D eigenvalue weighted by Crippen LogP contribution is 2.33. The van der Waals surface area contributed by atoms with Crippen LogP contribution in [0.5, 0.6) is 0 Å². The Morgan fingerprint density at radius 3 is 1.02 bits per heavy atom. The number of nitrogens with zero attached hydrogens (tertiary/aromatic N) is 14. The van der Waals surface area contributed by atoms with E-state index in [0.29, 0.717) is 83.9 Å². The minimum atomic E-state index is 0.378. The van der Waals surface area contributed by atoms with Gasteiger partial charge in [-0.25, -0.2) is 19.4 Å². The molecule has 0 saturated carbocycles. The molecule has 0 aliphatic carbocycles. The summed E-state index contributed by atoms with van der Waals surface area (Å²) in [6.07, 6.45) is 0. The van der Waals surface area contributed by atoms with Crippen molar-refractivity contribution in [2.45, 2.75) is 132 Å². The Bertz CT molecular complexity index is 4600. The fraction of sp³-hybridized carbons (Fsp3) is 0.235. The minimum absolute atomic E-state index is 0.378. The van der Waals surface area contributed by atoms with E-state index in [9.17, 15) is 0 Å². The van der Waals surface area contributed by atoms with Crippen LogP contribution < -0.4 is 0 Å². The van der Waals surface area contributed by atoms with Crippen LogP contribution in [-0.4, -0.2) is 0 Å². The molecule has 466 valence electrons. The van der Waals surface area contributed by atoms with Crippen LogP contribution in [0.2, 0.25) is 0 Å². The Morgan fingerprint density at radius 2 is 0.621 bits per heavy atom. The van der Waals surface area contributed by atoms with Gasteiger partial charge in [0.05, 0.1) is 109 Å². The molecule has 0 saturated heterocycles. The summed E-state index contributed by atoms with van der Waals surface area (Å²) in [6, 6.07) is 49.3. The van der Waals surface area contributed by atoms with E-state index in [2.05, 4.69) is 61.9 Å². The van der Waals surface area contributed by atoms with Crippen molar-refractivity contribution in [2.75, 3.05) is 0 Å². The van der Waals surface area contributed by atoms with Crippen LogP contribution in [-0.2, 0) is 0 Å². The zero-order valence-electron chi connectivity index (χ0n) is 57.4. The summed E-state index contributed by atoms with van der Waals surface area (Å²) in [5.74, 6) is 0. The lowest BCUT2D eigenvalue weighted by atomic mass is 9.93. The Labute approximate surface area is 562 Å². The van der Waals surface area contributed by atoms with Gasteiger partial charge in [-0.2, -0.15) is 52.6 Å². The maximum atomic E-state index is 8.97. The summed E-state index contributed by atoms with van der Waals surface area (Å²) >= 11 is 0.